The zero-order valence-electron chi connectivity index (χ0n) is 18.8. The van der Waals surface area contributed by atoms with Crippen molar-refractivity contribution in [2.45, 2.75) is 44.5 Å². The van der Waals surface area contributed by atoms with Crippen molar-refractivity contribution < 1.29 is 31.1 Å². The summed E-state index contributed by atoms with van der Waals surface area (Å²) in [5.41, 5.74) is -0.396. The van der Waals surface area contributed by atoms with Crippen LogP contribution in [-0.2, 0) is 11.0 Å². The van der Waals surface area contributed by atoms with Crippen molar-refractivity contribution in [1.29, 1.82) is 0 Å². The summed E-state index contributed by atoms with van der Waals surface area (Å²) < 4.78 is 79.0. The molecule has 2 unspecified atom stereocenters. The summed E-state index contributed by atoms with van der Waals surface area (Å²) in [6, 6.07) is 3.22. The minimum absolute atomic E-state index is 0.0590. The van der Waals surface area contributed by atoms with Crippen molar-refractivity contribution in [2.24, 2.45) is 5.92 Å². The maximum atomic E-state index is 13.2. The van der Waals surface area contributed by atoms with Gasteiger partial charge in [0.25, 0.3) is 0 Å². The molecule has 7 nitrogen and oxygen atoms in total. The summed E-state index contributed by atoms with van der Waals surface area (Å²) in [5, 5.41) is 2.74. The van der Waals surface area contributed by atoms with Gasteiger partial charge in [0, 0.05) is 51.3 Å². The van der Waals surface area contributed by atoms with Gasteiger partial charge in [-0.2, -0.15) is 31.3 Å². The standard InChI is InChI=1S/C22H24F6N6O/c1-13(35)33-7-2-3-14(11-33)17-10-19(31-18-9-15(4-6-29-18)21(23,24)25)32-20(30-17)34-8-5-16(12-34)22(26,27)28/h4,6,9-10,14,16H,2-3,5,7-8,11-12H2,1H3,(H,29,30,31,32). The monoisotopic (exact) mass is 502 g/mol. The molecule has 2 aliphatic heterocycles. The van der Waals surface area contributed by atoms with Gasteiger partial charge in [0.05, 0.1) is 17.2 Å². The number of alkyl halides is 6. The number of amides is 1. The molecule has 2 aromatic heterocycles. The Morgan fingerprint density at radius 2 is 1.80 bits per heavy atom. The van der Waals surface area contributed by atoms with Crippen molar-refractivity contribution in [3.05, 3.63) is 35.7 Å². The maximum Gasteiger partial charge on any atom is 0.416 e. The van der Waals surface area contributed by atoms with Crippen LogP contribution in [0.4, 0.5) is 43.9 Å². The largest absolute Gasteiger partial charge is 0.416 e. The van der Waals surface area contributed by atoms with Crippen LogP contribution in [0.2, 0.25) is 0 Å². The predicted molar refractivity (Wildman–Crippen MR) is 115 cm³/mol. The number of halogens is 6. The molecule has 190 valence electrons. The molecule has 0 spiro atoms. The van der Waals surface area contributed by atoms with Gasteiger partial charge in [0.1, 0.15) is 11.6 Å². The van der Waals surface area contributed by atoms with Crippen LogP contribution in [-0.4, -0.2) is 58.1 Å². The summed E-state index contributed by atoms with van der Waals surface area (Å²) >= 11 is 0. The third kappa shape index (κ3) is 5.93. The van der Waals surface area contributed by atoms with E-state index in [0.717, 1.165) is 24.8 Å². The summed E-state index contributed by atoms with van der Waals surface area (Å²) in [7, 11) is 0. The fraction of sp³-hybridized carbons (Fsp3) is 0.545. The minimum Gasteiger partial charge on any atom is -0.342 e. The molecule has 2 aromatic rings. The highest BCUT2D eigenvalue weighted by Crippen LogP contribution is 2.36. The number of anilines is 3. The molecule has 2 atom stereocenters. The smallest absolute Gasteiger partial charge is 0.342 e. The number of likely N-dealkylation sites (tertiary alicyclic amines) is 1. The zero-order chi connectivity index (χ0) is 25.4. The molecule has 4 heterocycles. The molecule has 4 rings (SSSR count). The maximum absolute atomic E-state index is 13.2. The molecule has 35 heavy (non-hydrogen) atoms. The van der Waals surface area contributed by atoms with Gasteiger partial charge in [-0.3, -0.25) is 4.79 Å². The zero-order valence-corrected chi connectivity index (χ0v) is 18.8. The Morgan fingerprint density at radius 3 is 2.46 bits per heavy atom. The summed E-state index contributed by atoms with van der Waals surface area (Å²) in [6.45, 7) is 2.24. The quantitative estimate of drug-likeness (QED) is 0.609. The Morgan fingerprint density at radius 1 is 1.03 bits per heavy atom. The number of piperidine rings is 1. The highest BCUT2D eigenvalue weighted by atomic mass is 19.4. The highest BCUT2D eigenvalue weighted by molar-refractivity contribution is 5.73. The van der Waals surface area contributed by atoms with Gasteiger partial charge in [-0.05, 0) is 31.4 Å². The lowest BCUT2D eigenvalue weighted by Crippen LogP contribution is -2.38. The number of carbonyl (C=O) groups is 1. The van der Waals surface area contributed by atoms with Crippen LogP contribution in [0.5, 0.6) is 0 Å². The van der Waals surface area contributed by atoms with Crippen molar-refractivity contribution in [3.8, 4) is 0 Å². The number of nitrogens with zero attached hydrogens (tertiary/aromatic N) is 5. The third-order valence-electron chi connectivity index (χ3n) is 6.30. The van der Waals surface area contributed by atoms with Crippen LogP contribution >= 0.6 is 0 Å². The highest BCUT2D eigenvalue weighted by Gasteiger charge is 2.44. The molecule has 0 radical (unpaired) electrons. The van der Waals surface area contributed by atoms with Crippen LogP contribution < -0.4 is 10.2 Å². The van der Waals surface area contributed by atoms with E-state index in [-0.39, 0.29) is 48.9 Å². The minimum atomic E-state index is -4.57. The van der Waals surface area contributed by atoms with E-state index in [1.54, 1.807) is 11.0 Å². The van der Waals surface area contributed by atoms with E-state index < -0.39 is 23.8 Å². The molecule has 0 bridgehead atoms. The second kappa shape index (κ2) is 9.50. The SMILES string of the molecule is CC(=O)N1CCCC(c2cc(Nc3cc(C(F)(F)F)ccn3)nc(N3CCC(C(F)(F)F)C3)n2)C1. The van der Waals surface area contributed by atoms with Gasteiger partial charge in [-0.25, -0.2) is 9.97 Å². The fourth-order valence-electron chi connectivity index (χ4n) is 4.39. The summed E-state index contributed by atoms with van der Waals surface area (Å²) in [6.07, 6.45) is -6.58. The van der Waals surface area contributed by atoms with Crippen LogP contribution in [0, 0.1) is 5.92 Å². The molecule has 0 aliphatic carbocycles. The molecule has 1 N–H and O–H groups in total. The van der Waals surface area contributed by atoms with Crippen LogP contribution in [0.15, 0.2) is 24.4 Å². The molecule has 2 aliphatic rings. The number of nitrogens with one attached hydrogen (secondary N) is 1. The molecule has 0 saturated carbocycles. The Hall–Kier alpha value is -3.12. The Labute approximate surface area is 197 Å². The van der Waals surface area contributed by atoms with Gasteiger partial charge < -0.3 is 15.1 Å². The number of aromatic nitrogens is 3. The normalized spacial score (nSPS) is 21.3. The van der Waals surface area contributed by atoms with Gasteiger partial charge in [0.15, 0.2) is 0 Å². The first-order valence-electron chi connectivity index (χ1n) is 11.2. The molecule has 2 fully saturated rings. The van der Waals surface area contributed by atoms with Gasteiger partial charge in [-0.15, -0.1) is 0 Å². The first-order valence-corrected chi connectivity index (χ1v) is 11.2. The summed E-state index contributed by atoms with van der Waals surface area (Å²) in [5.74, 6) is -1.73. The van der Waals surface area contributed by atoms with Gasteiger partial charge >= 0.3 is 12.4 Å². The Kier molecular flexibility index (Phi) is 6.78. The number of carbonyl (C=O) groups excluding carboxylic acids is 1. The van der Waals surface area contributed by atoms with Gasteiger partial charge in [-0.1, -0.05) is 0 Å². The predicted octanol–water partition coefficient (Wildman–Crippen LogP) is 4.75. The molecular weight excluding hydrogens is 478 g/mol. The third-order valence-corrected chi connectivity index (χ3v) is 6.30. The fourth-order valence-corrected chi connectivity index (χ4v) is 4.39. The van der Waals surface area contributed by atoms with Crippen LogP contribution in [0.25, 0.3) is 0 Å². The average molecular weight is 502 g/mol. The molecule has 13 heteroatoms. The molecule has 0 aromatic carbocycles. The number of hydrogen-bond acceptors (Lipinski definition) is 6. The lowest BCUT2D eigenvalue weighted by molar-refractivity contribution is -0.168. The first kappa shape index (κ1) is 25.0. The van der Waals surface area contributed by atoms with Crippen molar-refractivity contribution >= 4 is 23.5 Å². The summed E-state index contributed by atoms with van der Waals surface area (Å²) in [4.78, 5) is 27.7. The topological polar surface area (TPSA) is 74.2 Å². The van der Waals surface area contributed by atoms with Crippen molar-refractivity contribution in [3.63, 3.8) is 0 Å². The average Bonchev–Trinajstić information content (AvgIpc) is 3.30. The van der Waals surface area contributed by atoms with E-state index in [9.17, 15) is 31.1 Å². The molecular formula is C22H24F6N6O. The van der Waals surface area contributed by atoms with E-state index >= 15 is 0 Å². The van der Waals surface area contributed by atoms with Crippen molar-refractivity contribution in [1.82, 2.24) is 19.9 Å². The number of rotatable bonds is 4. The van der Waals surface area contributed by atoms with Crippen LogP contribution in [0.1, 0.15) is 43.4 Å². The van der Waals surface area contributed by atoms with E-state index in [1.165, 1.54) is 11.8 Å². The van der Waals surface area contributed by atoms with E-state index in [0.29, 0.717) is 25.2 Å². The van der Waals surface area contributed by atoms with Gasteiger partial charge in [0.2, 0.25) is 11.9 Å². The lowest BCUT2D eigenvalue weighted by atomic mass is 9.94. The van der Waals surface area contributed by atoms with Crippen molar-refractivity contribution in [2.75, 3.05) is 36.4 Å². The molecule has 1 amide bonds. The van der Waals surface area contributed by atoms with E-state index in [1.807, 2.05) is 0 Å². The van der Waals surface area contributed by atoms with E-state index in [2.05, 4.69) is 20.3 Å². The second-order valence-electron chi connectivity index (χ2n) is 8.81. The number of hydrogen-bond donors (Lipinski definition) is 1. The number of pyridine rings is 1. The van der Waals surface area contributed by atoms with E-state index in [4.69, 9.17) is 0 Å². The first-order chi connectivity index (χ1) is 16.4. The lowest BCUT2D eigenvalue weighted by Gasteiger charge is -2.32. The van der Waals surface area contributed by atoms with Crippen LogP contribution in [0.3, 0.4) is 0 Å². The second-order valence-corrected chi connectivity index (χ2v) is 8.81. The molecule has 2 saturated heterocycles. The Bertz CT molecular complexity index is 1080. The Balaban J connectivity index is 1.66.